The van der Waals surface area contributed by atoms with Gasteiger partial charge in [0.1, 0.15) is 6.04 Å². The van der Waals surface area contributed by atoms with Crippen LogP contribution in [-0.2, 0) is 4.79 Å². The Morgan fingerprint density at radius 1 is 1.30 bits per heavy atom. The molecule has 1 rings (SSSR count). The zero-order chi connectivity index (χ0) is 15.5. The van der Waals surface area contributed by atoms with Gasteiger partial charge in [0.15, 0.2) is 0 Å². The Kier molecular flexibility index (Phi) is 5.16. The Morgan fingerprint density at radius 2 is 1.90 bits per heavy atom. The number of halogens is 1. The number of carboxylic acids is 1. The van der Waals surface area contributed by atoms with E-state index in [0.717, 1.165) is 10.0 Å². The fourth-order valence-electron chi connectivity index (χ4n) is 1.67. The summed E-state index contributed by atoms with van der Waals surface area (Å²) in [6, 6.07) is 4.00. The van der Waals surface area contributed by atoms with Gasteiger partial charge in [0.05, 0.1) is 0 Å². The number of nitrogens with one attached hydrogen (secondary N) is 2. The van der Waals surface area contributed by atoms with Crippen molar-refractivity contribution in [2.24, 2.45) is 5.41 Å². The number of amides is 2. The maximum atomic E-state index is 11.9. The van der Waals surface area contributed by atoms with Crippen molar-refractivity contribution in [3.8, 4) is 0 Å². The smallest absolute Gasteiger partial charge is 0.326 e. The van der Waals surface area contributed by atoms with Crippen LogP contribution < -0.4 is 10.6 Å². The quantitative estimate of drug-likeness (QED) is 0.787. The number of carbonyl (C=O) groups is 2. The number of anilines is 1. The molecule has 0 saturated heterocycles. The molecule has 6 heteroatoms. The van der Waals surface area contributed by atoms with E-state index in [0.29, 0.717) is 5.69 Å². The number of carboxylic acid groups (broad SMARTS) is 1. The SMILES string of the molecule is Cc1ccc(Br)cc1NC(=O)NC(C(=O)O)C(C)(C)C. The molecule has 0 fully saturated rings. The number of urea groups is 1. The lowest BCUT2D eigenvalue weighted by atomic mass is 9.87. The molecule has 0 saturated carbocycles. The molecule has 3 N–H and O–H groups in total. The van der Waals surface area contributed by atoms with Crippen LogP contribution in [0.15, 0.2) is 22.7 Å². The van der Waals surface area contributed by atoms with Crippen LogP contribution in [0, 0.1) is 12.3 Å². The number of rotatable bonds is 3. The number of aliphatic carboxylic acids is 1. The Balaban J connectivity index is 2.81. The number of hydrogen-bond donors (Lipinski definition) is 3. The highest BCUT2D eigenvalue weighted by atomic mass is 79.9. The third-order valence-electron chi connectivity index (χ3n) is 2.84. The molecule has 5 nitrogen and oxygen atoms in total. The van der Waals surface area contributed by atoms with E-state index in [9.17, 15) is 14.7 Å². The van der Waals surface area contributed by atoms with Gasteiger partial charge in [-0.1, -0.05) is 42.8 Å². The van der Waals surface area contributed by atoms with Gasteiger partial charge in [0.25, 0.3) is 0 Å². The molecule has 1 unspecified atom stereocenters. The molecule has 110 valence electrons. The van der Waals surface area contributed by atoms with Crippen LogP contribution in [0.1, 0.15) is 26.3 Å². The first-order valence-electron chi connectivity index (χ1n) is 6.17. The zero-order valence-corrected chi connectivity index (χ0v) is 13.5. The van der Waals surface area contributed by atoms with E-state index in [2.05, 4.69) is 26.6 Å². The average Bonchev–Trinajstić information content (AvgIpc) is 2.29. The maximum absolute atomic E-state index is 11.9. The molecule has 1 aromatic rings. The van der Waals surface area contributed by atoms with Crippen molar-refractivity contribution in [2.45, 2.75) is 33.7 Å². The molecule has 0 aliphatic rings. The summed E-state index contributed by atoms with van der Waals surface area (Å²) in [6.07, 6.45) is 0. The molecule has 0 heterocycles. The van der Waals surface area contributed by atoms with Crippen LogP contribution in [0.5, 0.6) is 0 Å². The lowest BCUT2D eigenvalue weighted by Gasteiger charge is -2.27. The van der Waals surface area contributed by atoms with Crippen LogP contribution in [0.3, 0.4) is 0 Å². The fourth-order valence-corrected chi connectivity index (χ4v) is 2.03. The van der Waals surface area contributed by atoms with Gasteiger partial charge in [-0.15, -0.1) is 0 Å². The summed E-state index contributed by atoms with van der Waals surface area (Å²) in [4.78, 5) is 23.1. The Hall–Kier alpha value is -1.56. The van der Waals surface area contributed by atoms with Crippen molar-refractivity contribution < 1.29 is 14.7 Å². The average molecular weight is 343 g/mol. The van der Waals surface area contributed by atoms with E-state index < -0.39 is 23.5 Å². The minimum atomic E-state index is -1.06. The molecule has 1 aromatic carbocycles. The van der Waals surface area contributed by atoms with Crippen LogP contribution >= 0.6 is 15.9 Å². The predicted molar refractivity (Wildman–Crippen MR) is 81.9 cm³/mol. The van der Waals surface area contributed by atoms with Gasteiger partial charge in [-0.25, -0.2) is 9.59 Å². The van der Waals surface area contributed by atoms with Crippen LogP contribution in [0.25, 0.3) is 0 Å². The van der Waals surface area contributed by atoms with Gasteiger partial charge in [-0.3, -0.25) is 0 Å². The maximum Gasteiger partial charge on any atom is 0.326 e. The summed E-state index contributed by atoms with van der Waals surface area (Å²) >= 11 is 3.33. The Bertz CT molecular complexity index is 524. The molecule has 0 radical (unpaired) electrons. The van der Waals surface area contributed by atoms with E-state index in [4.69, 9.17) is 0 Å². The number of aryl methyl sites for hydroxylation is 1. The third-order valence-corrected chi connectivity index (χ3v) is 3.33. The monoisotopic (exact) mass is 342 g/mol. The number of carbonyl (C=O) groups excluding carboxylic acids is 1. The molecule has 2 amide bonds. The summed E-state index contributed by atoms with van der Waals surface area (Å²) in [5.41, 5.74) is 0.955. The van der Waals surface area contributed by atoms with E-state index in [1.54, 1.807) is 26.8 Å². The van der Waals surface area contributed by atoms with E-state index in [-0.39, 0.29) is 0 Å². The molecule has 0 aliphatic heterocycles. The topological polar surface area (TPSA) is 78.4 Å². The third kappa shape index (κ3) is 4.52. The summed E-state index contributed by atoms with van der Waals surface area (Å²) < 4.78 is 0.837. The summed E-state index contributed by atoms with van der Waals surface area (Å²) in [7, 11) is 0. The van der Waals surface area contributed by atoms with Gasteiger partial charge < -0.3 is 15.7 Å². The number of benzene rings is 1. The van der Waals surface area contributed by atoms with Crippen molar-refractivity contribution >= 4 is 33.6 Å². The molecule has 0 bridgehead atoms. The fraction of sp³-hybridized carbons (Fsp3) is 0.429. The highest BCUT2D eigenvalue weighted by Crippen LogP contribution is 2.22. The normalized spacial score (nSPS) is 12.7. The minimum Gasteiger partial charge on any atom is -0.480 e. The van der Waals surface area contributed by atoms with Gasteiger partial charge in [-0.05, 0) is 30.0 Å². The number of hydrogen-bond acceptors (Lipinski definition) is 2. The van der Waals surface area contributed by atoms with Gasteiger partial charge >= 0.3 is 12.0 Å². The van der Waals surface area contributed by atoms with Crippen LogP contribution in [0.4, 0.5) is 10.5 Å². The lowest BCUT2D eigenvalue weighted by Crippen LogP contribution is -2.50. The van der Waals surface area contributed by atoms with Crippen molar-refractivity contribution in [3.63, 3.8) is 0 Å². The summed E-state index contributed by atoms with van der Waals surface area (Å²) in [5.74, 6) is -1.06. The van der Waals surface area contributed by atoms with Gasteiger partial charge in [-0.2, -0.15) is 0 Å². The lowest BCUT2D eigenvalue weighted by molar-refractivity contribution is -0.141. The summed E-state index contributed by atoms with van der Waals surface area (Å²) in [6.45, 7) is 7.14. The second-order valence-corrected chi connectivity index (χ2v) is 6.61. The largest absolute Gasteiger partial charge is 0.480 e. The standard InChI is InChI=1S/C14H19BrN2O3/c1-8-5-6-9(15)7-10(8)16-13(20)17-11(12(18)19)14(2,3)4/h5-7,11H,1-4H3,(H,18,19)(H2,16,17,20). The van der Waals surface area contributed by atoms with Crippen LogP contribution in [-0.4, -0.2) is 23.1 Å². The molecular formula is C14H19BrN2O3. The first-order valence-corrected chi connectivity index (χ1v) is 6.97. The minimum absolute atomic E-state index is 0.534. The first kappa shape index (κ1) is 16.5. The molecule has 0 spiro atoms. The van der Waals surface area contributed by atoms with Crippen molar-refractivity contribution in [1.82, 2.24) is 5.32 Å². The highest BCUT2D eigenvalue weighted by Gasteiger charge is 2.32. The first-order chi connectivity index (χ1) is 9.11. The Morgan fingerprint density at radius 3 is 2.40 bits per heavy atom. The van der Waals surface area contributed by atoms with E-state index >= 15 is 0 Å². The molecule has 0 aliphatic carbocycles. The van der Waals surface area contributed by atoms with Crippen molar-refractivity contribution in [3.05, 3.63) is 28.2 Å². The second kappa shape index (κ2) is 6.26. The van der Waals surface area contributed by atoms with Crippen molar-refractivity contribution in [1.29, 1.82) is 0 Å². The predicted octanol–water partition coefficient (Wildman–Crippen LogP) is 3.38. The van der Waals surface area contributed by atoms with Gasteiger partial charge in [0, 0.05) is 10.2 Å². The van der Waals surface area contributed by atoms with E-state index in [1.807, 2.05) is 19.1 Å². The highest BCUT2D eigenvalue weighted by molar-refractivity contribution is 9.10. The molecular weight excluding hydrogens is 324 g/mol. The zero-order valence-electron chi connectivity index (χ0n) is 12.0. The second-order valence-electron chi connectivity index (χ2n) is 5.69. The molecule has 20 heavy (non-hydrogen) atoms. The van der Waals surface area contributed by atoms with E-state index in [1.165, 1.54) is 0 Å². The summed E-state index contributed by atoms with van der Waals surface area (Å²) in [5, 5.41) is 14.3. The molecule has 1 atom stereocenters. The molecule has 0 aromatic heterocycles. The Labute approximate surface area is 126 Å². The van der Waals surface area contributed by atoms with Crippen LogP contribution in [0.2, 0.25) is 0 Å². The van der Waals surface area contributed by atoms with Crippen molar-refractivity contribution in [2.75, 3.05) is 5.32 Å². The van der Waals surface area contributed by atoms with Gasteiger partial charge in [0.2, 0.25) is 0 Å².